The summed E-state index contributed by atoms with van der Waals surface area (Å²) in [6.45, 7) is 6.53. The third kappa shape index (κ3) is 2.46. The van der Waals surface area contributed by atoms with E-state index in [9.17, 15) is 9.18 Å². The number of fused-ring (bicyclic) bond motifs is 1. The van der Waals surface area contributed by atoms with E-state index in [4.69, 9.17) is 10.5 Å². The van der Waals surface area contributed by atoms with Gasteiger partial charge in [0.25, 0.3) is 0 Å². The smallest absolute Gasteiger partial charge is 0.241 e. The van der Waals surface area contributed by atoms with Crippen molar-refractivity contribution in [1.82, 2.24) is 5.32 Å². The Labute approximate surface area is 136 Å². The highest BCUT2D eigenvalue weighted by molar-refractivity contribution is 5.89. The van der Waals surface area contributed by atoms with Gasteiger partial charge >= 0.3 is 0 Å². The molecule has 0 spiro atoms. The molecule has 0 saturated heterocycles. The quantitative estimate of drug-likeness (QED) is 0.896. The topological polar surface area (TPSA) is 64.3 Å². The van der Waals surface area contributed by atoms with Gasteiger partial charge in [0, 0.05) is 18.4 Å². The summed E-state index contributed by atoms with van der Waals surface area (Å²) in [5.74, 6) is -0.369. The lowest BCUT2D eigenvalue weighted by molar-refractivity contribution is -0.171. The number of nitrogens with one attached hydrogen (secondary N) is 1. The molecule has 1 saturated carbocycles. The highest BCUT2D eigenvalue weighted by Gasteiger charge is 2.63. The average Bonchev–Trinajstić information content (AvgIpc) is 2.88. The predicted molar refractivity (Wildman–Crippen MR) is 86.3 cm³/mol. The van der Waals surface area contributed by atoms with Gasteiger partial charge in [-0.1, -0.05) is 19.9 Å². The van der Waals surface area contributed by atoms with Crippen molar-refractivity contribution < 1.29 is 13.9 Å². The maximum Gasteiger partial charge on any atom is 0.241 e. The van der Waals surface area contributed by atoms with E-state index in [1.165, 1.54) is 6.07 Å². The highest BCUT2D eigenvalue weighted by Crippen LogP contribution is 2.50. The molecule has 126 valence electrons. The third-order valence-corrected chi connectivity index (χ3v) is 5.72. The fourth-order valence-corrected chi connectivity index (χ4v) is 3.84. The van der Waals surface area contributed by atoms with Crippen molar-refractivity contribution in [1.29, 1.82) is 0 Å². The van der Waals surface area contributed by atoms with Crippen LogP contribution in [0.25, 0.3) is 0 Å². The first kappa shape index (κ1) is 16.4. The molecule has 0 radical (unpaired) electrons. The molecular formula is C18H25FN2O2. The second kappa shape index (κ2) is 5.56. The Morgan fingerprint density at radius 1 is 1.48 bits per heavy atom. The van der Waals surface area contributed by atoms with Crippen LogP contribution in [0.2, 0.25) is 0 Å². The molecule has 3 N–H and O–H groups in total. The number of nitrogens with two attached hydrogens (primary N) is 1. The van der Waals surface area contributed by atoms with Crippen molar-refractivity contribution in [3.63, 3.8) is 0 Å². The summed E-state index contributed by atoms with van der Waals surface area (Å²) in [5.41, 5.74) is 7.06. The van der Waals surface area contributed by atoms with Gasteiger partial charge in [0.15, 0.2) is 0 Å². The molecule has 0 aromatic heterocycles. The second-order valence-electron chi connectivity index (χ2n) is 7.25. The van der Waals surface area contributed by atoms with Gasteiger partial charge in [-0.05, 0) is 43.0 Å². The lowest BCUT2D eigenvalue weighted by Gasteiger charge is -2.57. The van der Waals surface area contributed by atoms with Crippen LogP contribution in [-0.4, -0.2) is 24.2 Å². The molecule has 23 heavy (non-hydrogen) atoms. The summed E-state index contributed by atoms with van der Waals surface area (Å²) in [6.07, 6.45) is 2.10. The minimum atomic E-state index is -0.921. The maximum absolute atomic E-state index is 13.3. The molecule has 1 fully saturated rings. The van der Waals surface area contributed by atoms with Gasteiger partial charge in [0.1, 0.15) is 11.4 Å². The Morgan fingerprint density at radius 3 is 2.87 bits per heavy atom. The molecule has 0 heterocycles. The molecule has 2 aliphatic carbocycles. The van der Waals surface area contributed by atoms with E-state index in [-0.39, 0.29) is 23.9 Å². The van der Waals surface area contributed by atoms with Crippen molar-refractivity contribution >= 4 is 5.91 Å². The van der Waals surface area contributed by atoms with E-state index in [0.29, 0.717) is 13.0 Å². The second-order valence-corrected chi connectivity index (χ2v) is 7.25. The average molecular weight is 320 g/mol. The lowest BCUT2D eigenvalue weighted by Crippen LogP contribution is -2.75. The zero-order valence-corrected chi connectivity index (χ0v) is 14.0. The van der Waals surface area contributed by atoms with Crippen LogP contribution in [0.1, 0.15) is 50.8 Å². The number of carbonyl (C=O) groups excluding carboxylic acids is 1. The number of rotatable bonds is 4. The number of halogens is 1. The number of ether oxygens (including phenoxy) is 1. The predicted octanol–water partition coefficient (Wildman–Crippen LogP) is 2.46. The Hall–Kier alpha value is -1.46. The Bertz CT molecular complexity index is 631. The summed E-state index contributed by atoms with van der Waals surface area (Å²) in [6, 6.07) is 4.68. The molecule has 0 bridgehead atoms. The zero-order valence-electron chi connectivity index (χ0n) is 14.0. The SMILES string of the molecule is CCOC1CC(N)(C(=O)NC2CCc3cc(F)ccc32)C1(C)C. The van der Waals surface area contributed by atoms with Crippen LogP contribution in [-0.2, 0) is 16.0 Å². The van der Waals surface area contributed by atoms with Crippen LogP contribution >= 0.6 is 0 Å². The van der Waals surface area contributed by atoms with E-state index in [1.807, 2.05) is 20.8 Å². The maximum atomic E-state index is 13.3. The summed E-state index contributed by atoms with van der Waals surface area (Å²) in [5, 5.41) is 3.07. The Balaban J connectivity index is 1.72. The molecule has 3 rings (SSSR count). The number of aryl methyl sites for hydroxylation is 1. The Kier molecular flexibility index (Phi) is 3.97. The lowest BCUT2D eigenvalue weighted by atomic mass is 9.54. The molecule has 1 aromatic carbocycles. The van der Waals surface area contributed by atoms with Gasteiger partial charge in [0.2, 0.25) is 5.91 Å². The van der Waals surface area contributed by atoms with Gasteiger partial charge in [0.05, 0.1) is 12.1 Å². The first-order chi connectivity index (χ1) is 10.8. The van der Waals surface area contributed by atoms with Crippen molar-refractivity contribution in [2.45, 2.75) is 57.7 Å². The minimum Gasteiger partial charge on any atom is -0.378 e. The van der Waals surface area contributed by atoms with Crippen molar-refractivity contribution in [3.05, 3.63) is 35.1 Å². The van der Waals surface area contributed by atoms with E-state index in [0.717, 1.165) is 24.0 Å². The first-order valence-electron chi connectivity index (χ1n) is 8.29. The van der Waals surface area contributed by atoms with Crippen LogP contribution in [0.15, 0.2) is 18.2 Å². The molecule has 0 aliphatic heterocycles. The van der Waals surface area contributed by atoms with Crippen molar-refractivity contribution in [3.8, 4) is 0 Å². The van der Waals surface area contributed by atoms with Gasteiger partial charge in [-0.3, -0.25) is 4.79 Å². The molecule has 2 aliphatic rings. The van der Waals surface area contributed by atoms with Gasteiger partial charge < -0.3 is 15.8 Å². The molecule has 3 unspecified atom stereocenters. The van der Waals surface area contributed by atoms with E-state index in [2.05, 4.69) is 5.32 Å². The summed E-state index contributed by atoms with van der Waals surface area (Å²) in [7, 11) is 0. The molecule has 5 heteroatoms. The molecule has 4 nitrogen and oxygen atoms in total. The van der Waals surface area contributed by atoms with Crippen LogP contribution in [0.5, 0.6) is 0 Å². The van der Waals surface area contributed by atoms with Crippen LogP contribution < -0.4 is 11.1 Å². The molecular weight excluding hydrogens is 295 g/mol. The number of benzene rings is 1. The fraction of sp³-hybridized carbons (Fsp3) is 0.611. The highest BCUT2D eigenvalue weighted by atomic mass is 19.1. The largest absolute Gasteiger partial charge is 0.378 e. The summed E-state index contributed by atoms with van der Waals surface area (Å²) < 4.78 is 19.0. The third-order valence-electron chi connectivity index (χ3n) is 5.72. The Morgan fingerprint density at radius 2 is 2.22 bits per heavy atom. The van der Waals surface area contributed by atoms with Crippen molar-refractivity contribution in [2.75, 3.05) is 6.61 Å². The number of carbonyl (C=O) groups is 1. The number of hydrogen-bond donors (Lipinski definition) is 2. The van der Waals surface area contributed by atoms with E-state index >= 15 is 0 Å². The van der Waals surface area contributed by atoms with Crippen LogP contribution in [0.4, 0.5) is 4.39 Å². The summed E-state index contributed by atoms with van der Waals surface area (Å²) >= 11 is 0. The first-order valence-corrected chi connectivity index (χ1v) is 8.29. The van der Waals surface area contributed by atoms with Crippen LogP contribution in [0, 0.1) is 11.2 Å². The molecule has 1 aromatic rings. The fourth-order valence-electron chi connectivity index (χ4n) is 3.84. The number of amides is 1. The van der Waals surface area contributed by atoms with Gasteiger partial charge in [-0.2, -0.15) is 0 Å². The van der Waals surface area contributed by atoms with E-state index < -0.39 is 11.0 Å². The zero-order chi connectivity index (χ0) is 16.8. The monoisotopic (exact) mass is 320 g/mol. The summed E-state index contributed by atoms with van der Waals surface area (Å²) in [4.78, 5) is 12.8. The molecule has 3 atom stereocenters. The standard InChI is InChI=1S/C18H25FN2O2/c1-4-23-15-10-18(20,17(15,2)3)16(22)21-14-8-5-11-9-12(19)6-7-13(11)14/h6-7,9,14-15H,4-5,8,10,20H2,1-3H3,(H,21,22). The van der Waals surface area contributed by atoms with E-state index in [1.54, 1.807) is 12.1 Å². The van der Waals surface area contributed by atoms with Crippen LogP contribution in [0.3, 0.4) is 0 Å². The van der Waals surface area contributed by atoms with Crippen molar-refractivity contribution in [2.24, 2.45) is 11.1 Å². The van der Waals surface area contributed by atoms with Gasteiger partial charge in [-0.15, -0.1) is 0 Å². The van der Waals surface area contributed by atoms with Gasteiger partial charge in [-0.25, -0.2) is 4.39 Å². The minimum absolute atomic E-state index is 0.00760. The normalized spacial score (nSPS) is 31.3. The molecule has 1 amide bonds. The number of hydrogen-bond acceptors (Lipinski definition) is 3.